The monoisotopic (exact) mass is 348 g/mol. The van der Waals surface area contributed by atoms with Crippen molar-refractivity contribution in [1.82, 2.24) is 14.2 Å². The number of benzene rings is 2. The fraction of sp³-hybridized carbons (Fsp3) is 0.105. The SMILES string of the molecule is Cn1c(CN(C(=O)c2csnn2)c2ccccc2)cc2ccccc21. The molecule has 2 aromatic carbocycles. The molecule has 0 aliphatic heterocycles. The lowest BCUT2D eigenvalue weighted by molar-refractivity contribution is 0.0980. The first-order valence-corrected chi connectivity index (χ1v) is 8.75. The number of para-hydroxylation sites is 2. The van der Waals surface area contributed by atoms with Crippen molar-refractivity contribution in [2.45, 2.75) is 6.54 Å². The highest BCUT2D eigenvalue weighted by atomic mass is 32.1. The summed E-state index contributed by atoms with van der Waals surface area (Å²) in [6.45, 7) is 0.464. The third-order valence-corrected chi connectivity index (χ3v) is 4.77. The van der Waals surface area contributed by atoms with Gasteiger partial charge in [-0.25, -0.2) is 0 Å². The topological polar surface area (TPSA) is 51.0 Å². The number of aryl methyl sites for hydroxylation is 1. The number of nitrogens with zero attached hydrogens (tertiary/aromatic N) is 4. The number of hydrogen-bond acceptors (Lipinski definition) is 4. The number of aromatic nitrogens is 3. The number of carbonyl (C=O) groups is 1. The minimum atomic E-state index is -0.148. The minimum absolute atomic E-state index is 0.148. The molecular formula is C19H16N4OS. The standard InChI is InChI=1S/C19H16N4OS/c1-22-16(11-14-7-5-6-10-18(14)22)12-23(15-8-3-2-4-9-15)19(24)17-13-25-21-20-17/h2-11,13H,12H2,1H3. The lowest BCUT2D eigenvalue weighted by Crippen LogP contribution is -2.31. The molecule has 124 valence electrons. The predicted molar refractivity (Wildman–Crippen MR) is 99.8 cm³/mol. The van der Waals surface area contributed by atoms with Crippen LogP contribution < -0.4 is 4.90 Å². The van der Waals surface area contributed by atoms with E-state index in [0.717, 1.165) is 22.3 Å². The maximum atomic E-state index is 13.0. The summed E-state index contributed by atoms with van der Waals surface area (Å²) in [6.07, 6.45) is 0. The molecule has 0 bridgehead atoms. The van der Waals surface area contributed by atoms with Crippen LogP contribution in [-0.4, -0.2) is 20.1 Å². The largest absolute Gasteiger partial charge is 0.346 e. The van der Waals surface area contributed by atoms with Gasteiger partial charge in [0.1, 0.15) is 0 Å². The molecule has 0 aliphatic rings. The Labute approximate surface area is 149 Å². The molecule has 25 heavy (non-hydrogen) atoms. The molecule has 0 atom stereocenters. The Balaban J connectivity index is 1.75. The van der Waals surface area contributed by atoms with Gasteiger partial charge in [-0.05, 0) is 41.2 Å². The van der Waals surface area contributed by atoms with E-state index in [1.165, 1.54) is 11.5 Å². The molecule has 2 heterocycles. The molecule has 0 aliphatic carbocycles. The van der Waals surface area contributed by atoms with E-state index in [4.69, 9.17) is 0 Å². The van der Waals surface area contributed by atoms with E-state index in [2.05, 4.69) is 32.4 Å². The van der Waals surface area contributed by atoms with Crippen molar-refractivity contribution >= 4 is 34.0 Å². The van der Waals surface area contributed by atoms with Gasteiger partial charge in [0.15, 0.2) is 5.69 Å². The summed E-state index contributed by atoms with van der Waals surface area (Å²) in [5.74, 6) is -0.148. The van der Waals surface area contributed by atoms with Gasteiger partial charge in [0, 0.05) is 29.3 Å². The Bertz CT molecular complexity index is 1010. The second-order valence-electron chi connectivity index (χ2n) is 5.77. The molecule has 0 saturated carbocycles. The predicted octanol–water partition coefficient (Wildman–Crippen LogP) is 3.88. The van der Waals surface area contributed by atoms with Crippen LogP contribution in [0, 0.1) is 0 Å². The van der Waals surface area contributed by atoms with E-state index in [1.54, 1.807) is 10.3 Å². The van der Waals surface area contributed by atoms with Crippen LogP contribution in [0.5, 0.6) is 0 Å². The van der Waals surface area contributed by atoms with Crippen molar-refractivity contribution in [3.05, 3.63) is 77.4 Å². The van der Waals surface area contributed by atoms with Gasteiger partial charge >= 0.3 is 0 Å². The van der Waals surface area contributed by atoms with Crippen molar-refractivity contribution in [2.24, 2.45) is 7.05 Å². The molecule has 0 saturated heterocycles. The first-order chi connectivity index (χ1) is 12.2. The quantitative estimate of drug-likeness (QED) is 0.562. The first kappa shape index (κ1) is 15.5. The second-order valence-corrected chi connectivity index (χ2v) is 6.38. The minimum Gasteiger partial charge on any atom is -0.346 e. The molecule has 0 N–H and O–H groups in total. The summed E-state index contributed by atoms with van der Waals surface area (Å²) in [5, 5.41) is 6.78. The van der Waals surface area contributed by atoms with E-state index >= 15 is 0 Å². The van der Waals surface area contributed by atoms with Crippen LogP contribution in [-0.2, 0) is 13.6 Å². The van der Waals surface area contributed by atoms with E-state index < -0.39 is 0 Å². The maximum Gasteiger partial charge on any atom is 0.280 e. The van der Waals surface area contributed by atoms with E-state index in [0.29, 0.717) is 12.2 Å². The van der Waals surface area contributed by atoms with Crippen molar-refractivity contribution in [3.63, 3.8) is 0 Å². The van der Waals surface area contributed by atoms with Crippen LogP contribution in [0.2, 0.25) is 0 Å². The van der Waals surface area contributed by atoms with Gasteiger partial charge in [-0.3, -0.25) is 4.79 Å². The highest BCUT2D eigenvalue weighted by Crippen LogP contribution is 2.23. The van der Waals surface area contributed by atoms with Crippen molar-refractivity contribution < 1.29 is 4.79 Å². The maximum absolute atomic E-state index is 13.0. The van der Waals surface area contributed by atoms with Gasteiger partial charge < -0.3 is 9.47 Å². The van der Waals surface area contributed by atoms with Crippen molar-refractivity contribution in [3.8, 4) is 0 Å². The van der Waals surface area contributed by atoms with Gasteiger partial charge in [-0.2, -0.15) is 0 Å². The number of carbonyl (C=O) groups excluding carboxylic acids is 1. The summed E-state index contributed by atoms with van der Waals surface area (Å²) in [4.78, 5) is 14.7. The van der Waals surface area contributed by atoms with E-state index in [1.807, 2.05) is 49.5 Å². The molecule has 1 amide bonds. The highest BCUT2D eigenvalue weighted by molar-refractivity contribution is 7.03. The average Bonchev–Trinajstić information content (AvgIpc) is 3.29. The third kappa shape index (κ3) is 2.92. The molecule has 5 nitrogen and oxygen atoms in total. The molecule has 2 aromatic heterocycles. The Morgan fingerprint density at radius 3 is 2.60 bits per heavy atom. The van der Waals surface area contributed by atoms with Gasteiger partial charge in [0.2, 0.25) is 0 Å². The molecule has 0 radical (unpaired) electrons. The van der Waals surface area contributed by atoms with Crippen LogP contribution in [0.15, 0.2) is 66.0 Å². The van der Waals surface area contributed by atoms with Gasteiger partial charge in [-0.1, -0.05) is 40.9 Å². The molecular weight excluding hydrogens is 332 g/mol. The van der Waals surface area contributed by atoms with E-state index in [-0.39, 0.29) is 5.91 Å². The summed E-state index contributed by atoms with van der Waals surface area (Å²) in [7, 11) is 2.02. The van der Waals surface area contributed by atoms with Crippen LogP contribution in [0.1, 0.15) is 16.2 Å². The highest BCUT2D eigenvalue weighted by Gasteiger charge is 2.21. The summed E-state index contributed by atoms with van der Waals surface area (Å²) >= 11 is 1.18. The average molecular weight is 348 g/mol. The molecule has 0 unspecified atom stereocenters. The number of anilines is 1. The van der Waals surface area contributed by atoms with Crippen LogP contribution >= 0.6 is 11.5 Å². The van der Waals surface area contributed by atoms with E-state index in [9.17, 15) is 4.79 Å². The number of fused-ring (bicyclic) bond motifs is 1. The second kappa shape index (κ2) is 6.49. The normalized spacial score (nSPS) is 10.9. The summed E-state index contributed by atoms with van der Waals surface area (Å²) in [5.41, 5.74) is 3.41. The van der Waals surface area contributed by atoms with Crippen LogP contribution in [0.25, 0.3) is 10.9 Å². The van der Waals surface area contributed by atoms with Crippen molar-refractivity contribution in [2.75, 3.05) is 4.90 Å². The van der Waals surface area contributed by atoms with Gasteiger partial charge in [0.25, 0.3) is 5.91 Å². The zero-order valence-electron chi connectivity index (χ0n) is 13.7. The molecule has 0 spiro atoms. The number of hydrogen-bond donors (Lipinski definition) is 0. The summed E-state index contributed by atoms with van der Waals surface area (Å²) < 4.78 is 5.94. The fourth-order valence-electron chi connectivity index (χ4n) is 2.94. The zero-order chi connectivity index (χ0) is 17.2. The number of amides is 1. The third-order valence-electron chi connectivity index (χ3n) is 4.26. The first-order valence-electron chi connectivity index (χ1n) is 7.91. The van der Waals surface area contributed by atoms with Gasteiger partial charge in [-0.15, -0.1) is 5.10 Å². The lowest BCUT2D eigenvalue weighted by Gasteiger charge is -2.22. The number of rotatable bonds is 4. The van der Waals surface area contributed by atoms with Crippen LogP contribution in [0.3, 0.4) is 0 Å². The summed E-state index contributed by atoms with van der Waals surface area (Å²) in [6, 6.07) is 20.0. The Kier molecular flexibility index (Phi) is 4.03. The fourth-order valence-corrected chi connectivity index (χ4v) is 3.37. The zero-order valence-corrected chi connectivity index (χ0v) is 14.5. The Morgan fingerprint density at radius 1 is 1.12 bits per heavy atom. The smallest absolute Gasteiger partial charge is 0.280 e. The van der Waals surface area contributed by atoms with Crippen LogP contribution in [0.4, 0.5) is 5.69 Å². The molecule has 0 fully saturated rings. The molecule has 6 heteroatoms. The Morgan fingerprint density at radius 2 is 1.88 bits per heavy atom. The Hall–Kier alpha value is -2.99. The molecule has 4 rings (SSSR count). The lowest BCUT2D eigenvalue weighted by atomic mass is 10.2. The van der Waals surface area contributed by atoms with Gasteiger partial charge in [0.05, 0.1) is 6.54 Å². The molecule has 4 aromatic rings. The van der Waals surface area contributed by atoms with Crippen molar-refractivity contribution in [1.29, 1.82) is 0 Å².